The lowest BCUT2D eigenvalue weighted by Crippen LogP contribution is -2.45. The Morgan fingerprint density at radius 1 is 1.30 bits per heavy atom. The second kappa shape index (κ2) is 5.73. The van der Waals surface area contributed by atoms with Gasteiger partial charge in [-0.25, -0.2) is 9.97 Å². The molecular formula is C14H17N5O. The van der Waals surface area contributed by atoms with Gasteiger partial charge in [-0.1, -0.05) is 0 Å². The lowest BCUT2D eigenvalue weighted by Gasteiger charge is -2.32. The molecule has 2 N–H and O–H groups in total. The summed E-state index contributed by atoms with van der Waals surface area (Å²) in [7, 11) is 0. The van der Waals surface area contributed by atoms with Crippen LogP contribution in [0.25, 0.3) is 0 Å². The Bertz CT molecular complexity index is 546. The van der Waals surface area contributed by atoms with Gasteiger partial charge in [-0.3, -0.25) is 4.79 Å². The number of anilines is 1. The number of H-pyrrole nitrogens is 1. The number of rotatable bonds is 3. The van der Waals surface area contributed by atoms with Gasteiger partial charge in [-0.15, -0.1) is 0 Å². The highest BCUT2D eigenvalue weighted by atomic mass is 16.1. The zero-order valence-electron chi connectivity index (χ0n) is 11.1. The molecule has 0 atom stereocenters. The number of aromatic nitrogens is 3. The second-order valence-electron chi connectivity index (χ2n) is 4.88. The molecule has 1 aliphatic heterocycles. The number of carbonyl (C=O) groups excluding carboxylic acids is 1. The third kappa shape index (κ3) is 2.79. The van der Waals surface area contributed by atoms with Crippen LogP contribution in [0.2, 0.25) is 0 Å². The summed E-state index contributed by atoms with van der Waals surface area (Å²) in [5.74, 6) is 0.753. The molecule has 3 heterocycles. The van der Waals surface area contributed by atoms with E-state index in [1.165, 1.54) is 0 Å². The predicted molar refractivity (Wildman–Crippen MR) is 75.5 cm³/mol. The van der Waals surface area contributed by atoms with Gasteiger partial charge in [0.05, 0.1) is 5.56 Å². The van der Waals surface area contributed by atoms with Crippen molar-refractivity contribution in [2.45, 2.75) is 18.9 Å². The number of nitrogens with zero attached hydrogens (tertiary/aromatic N) is 3. The van der Waals surface area contributed by atoms with Crippen LogP contribution in [0.1, 0.15) is 23.2 Å². The molecule has 20 heavy (non-hydrogen) atoms. The molecule has 2 aromatic rings. The molecule has 1 aliphatic rings. The lowest BCUT2D eigenvalue weighted by molar-refractivity contribution is 0.0931. The third-order valence-corrected chi connectivity index (χ3v) is 3.53. The van der Waals surface area contributed by atoms with Crippen LogP contribution in [0.4, 0.5) is 5.95 Å². The molecule has 2 aromatic heterocycles. The fourth-order valence-electron chi connectivity index (χ4n) is 2.41. The summed E-state index contributed by atoms with van der Waals surface area (Å²) in [5, 5.41) is 3.07. The molecule has 0 saturated carbocycles. The van der Waals surface area contributed by atoms with Crippen molar-refractivity contribution >= 4 is 11.9 Å². The van der Waals surface area contributed by atoms with E-state index < -0.39 is 0 Å². The van der Waals surface area contributed by atoms with Gasteiger partial charge in [-0.05, 0) is 25.0 Å². The van der Waals surface area contributed by atoms with Gasteiger partial charge in [0.25, 0.3) is 5.91 Å². The minimum Gasteiger partial charge on any atom is -0.367 e. The average Bonchev–Trinajstić information content (AvgIpc) is 3.03. The van der Waals surface area contributed by atoms with Crippen molar-refractivity contribution in [1.29, 1.82) is 0 Å². The highest BCUT2D eigenvalue weighted by Crippen LogP contribution is 2.15. The maximum absolute atomic E-state index is 12.0. The van der Waals surface area contributed by atoms with Crippen molar-refractivity contribution < 1.29 is 4.79 Å². The standard InChI is InChI=1S/C14H17N5O/c20-13(11-2-7-15-10-11)18-12-3-8-19(9-4-12)14-16-5-1-6-17-14/h1-2,5-7,10,12,15H,3-4,8-9H2,(H,18,20). The average molecular weight is 271 g/mol. The van der Waals surface area contributed by atoms with Gasteiger partial charge in [0.2, 0.25) is 5.95 Å². The van der Waals surface area contributed by atoms with E-state index in [0.29, 0.717) is 5.56 Å². The van der Waals surface area contributed by atoms with Crippen LogP contribution in [0, 0.1) is 0 Å². The van der Waals surface area contributed by atoms with E-state index in [1.54, 1.807) is 30.9 Å². The third-order valence-electron chi connectivity index (χ3n) is 3.53. The summed E-state index contributed by atoms with van der Waals surface area (Å²) in [6.45, 7) is 1.73. The quantitative estimate of drug-likeness (QED) is 0.880. The Labute approximate surface area is 117 Å². The molecular weight excluding hydrogens is 254 g/mol. The molecule has 104 valence electrons. The van der Waals surface area contributed by atoms with Crippen molar-refractivity contribution in [3.05, 3.63) is 42.5 Å². The Kier molecular flexibility index (Phi) is 3.62. The smallest absolute Gasteiger partial charge is 0.253 e. The van der Waals surface area contributed by atoms with Crippen LogP contribution in [0.15, 0.2) is 36.9 Å². The van der Waals surface area contributed by atoms with Gasteiger partial charge in [0.15, 0.2) is 0 Å². The van der Waals surface area contributed by atoms with Gasteiger partial charge in [0.1, 0.15) is 0 Å². The Morgan fingerprint density at radius 2 is 2.05 bits per heavy atom. The van der Waals surface area contributed by atoms with Crippen LogP contribution in [-0.4, -0.2) is 40.0 Å². The van der Waals surface area contributed by atoms with Crippen molar-refractivity contribution in [2.75, 3.05) is 18.0 Å². The topological polar surface area (TPSA) is 73.9 Å². The fourth-order valence-corrected chi connectivity index (χ4v) is 2.41. The molecule has 0 spiro atoms. The lowest BCUT2D eigenvalue weighted by atomic mass is 10.0. The van der Waals surface area contributed by atoms with Crippen molar-refractivity contribution in [3.8, 4) is 0 Å². The van der Waals surface area contributed by atoms with Gasteiger partial charge < -0.3 is 15.2 Å². The maximum atomic E-state index is 12.0. The minimum absolute atomic E-state index is 0.0133. The van der Waals surface area contributed by atoms with Gasteiger partial charge in [0, 0.05) is 43.9 Å². The molecule has 0 radical (unpaired) electrons. The molecule has 1 fully saturated rings. The highest BCUT2D eigenvalue weighted by Gasteiger charge is 2.22. The van der Waals surface area contributed by atoms with E-state index in [1.807, 2.05) is 6.07 Å². The number of amides is 1. The zero-order chi connectivity index (χ0) is 13.8. The Hall–Kier alpha value is -2.37. The summed E-state index contributed by atoms with van der Waals surface area (Å²) in [4.78, 5) is 25.5. The number of aromatic amines is 1. The number of carbonyl (C=O) groups is 1. The largest absolute Gasteiger partial charge is 0.367 e. The fraction of sp³-hybridized carbons (Fsp3) is 0.357. The molecule has 0 bridgehead atoms. The van der Waals surface area contributed by atoms with Crippen LogP contribution < -0.4 is 10.2 Å². The Morgan fingerprint density at radius 3 is 2.70 bits per heavy atom. The number of piperidine rings is 1. The minimum atomic E-state index is -0.0133. The van der Waals surface area contributed by atoms with Crippen LogP contribution in [-0.2, 0) is 0 Å². The van der Waals surface area contributed by atoms with Crippen LogP contribution in [0.3, 0.4) is 0 Å². The second-order valence-corrected chi connectivity index (χ2v) is 4.88. The SMILES string of the molecule is O=C(NC1CCN(c2ncccn2)CC1)c1cc[nH]c1. The monoisotopic (exact) mass is 271 g/mol. The first kappa shape index (κ1) is 12.7. The number of nitrogens with one attached hydrogen (secondary N) is 2. The van der Waals surface area contributed by atoms with Crippen LogP contribution in [0.5, 0.6) is 0 Å². The molecule has 0 unspecified atom stereocenters. The molecule has 3 rings (SSSR count). The normalized spacial score (nSPS) is 16.1. The molecule has 1 amide bonds. The molecule has 0 aromatic carbocycles. The molecule has 6 heteroatoms. The zero-order valence-corrected chi connectivity index (χ0v) is 11.1. The van der Waals surface area contributed by atoms with E-state index >= 15 is 0 Å². The summed E-state index contributed by atoms with van der Waals surface area (Å²) < 4.78 is 0. The number of hydrogen-bond acceptors (Lipinski definition) is 4. The molecule has 0 aliphatic carbocycles. The van der Waals surface area contributed by atoms with E-state index in [0.717, 1.165) is 31.9 Å². The van der Waals surface area contributed by atoms with E-state index in [-0.39, 0.29) is 11.9 Å². The first-order valence-electron chi connectivity index (χ1n) is 6.78. The Balaban J connectivity index is 1.53. The summed E-state index contributed by atoms with van der Waals surface area (Å²) in [5.41, 5.74) is 0.679. The summed E-state index contributed by atoms with van der Waals surface area (Å²) in [6.07, 6.45) is 8.79. The number of hydrogen-bond donors (Lipinski definition) is 2. The molecule has 1 saturated heterocycles. The summed E-state index contributed by atoms with van der Waals surface area (Å²) in [6, 6.07) is 3.81. The van der Waals surface area contributed by atoms with E-state index in [2.05, 4.69) is 25.2 Å². The van der Waals surface area contributed by atoms with E-state index in [4.69, 9.17) is 0 Å². The van der Waals surface area contributed by atoms with Gasteiger partial charge >= 0.3 is 0 Å². The van der Waals surface area contributed by atoms with Crippen molar-refractivity contribution in [3.63, 3.8) is 0 Å². The van der Waals surface area contributed by atoms with Crippen molar-refractivity contribution in [1.82, 2.24) is 20.3 Å². The molecule has 6 nitrogen and oxygen atoms in total. The maximum Gasteiger partial charge on any atom is 0.253 e. The first-order valence-corrected chi connectivity index (χ1v) is 6.78. The van der Waals surface area contributed by atoms with Gasteiger partial charge in [-0.2, -0.15) is 0 Å². The summed E-state index contributed by atoms with van der Waals surface area (Å²) >= 11 is 0. The van der Waals surface area contributed by atoms with Crippen LogP contribution >= 0.6 is 0 Å². The highest BCUT2D eigenvalue weighted by molar-refractivity contribution is 5.94. The predicted octanol–water partition coefficient (Wildman–Crippen LogP) is 1.20. The van der Waals surface area contributed by atoms with Crippen molar-refractivity contribution in [2.24, 2.45) is 0 Å². The first-order chi connectivity index (χ1) is 9.83. The van der Waals surface area contributed by atoms with E-state index in [9.17, 15) is 4.79 Å².